The Morgan fingerprint density at radius 2 is 0.767 bits per heavy atom. The minimum Gasteiger partial charge on any atom is -0.458 e. The van der Waals surface area contributed by atoms with Gasteiger partial charge < -0.3 is 28.5 Å². The molecular formula is C48H39NO11. The van der Waals surface area contributed by atoms with E-state index in [9.17, 15) is 24.0 Å². The van der Waals surface area contributed by atoms with Crippen molar-refractivity contribution in [3.05, 3.63) is 215 Å². The lowest BCUT2D eigenvalue weighted by Gasteiger charge is -2.34. The highest BCUT2D eigenvalue weighted by Gasteiger charge is 2.45. The highest BCUT2D eigenvalue weighted by atomic mass is 16.6. The number of hydrogen-bond donors (Lipinski definition) is 0. The van der Waals surface area contributed by atoms with Crippen LogP contribution in [0, 0.1) is 0 Å². The maximum absolute atomic E-state index is 14.0. The molecule has 12 nitrogen and oxygen atoms in total. The third-order valence-electron chi connectivity index (χ3n) is 8.78. The van der Waals surface area contributed by atoms with Gasteiger partial charge in [-0.05, 0) is 66.2 Å². The summed E-state index contributed by atoms with van der Waals surface area (Å²) >= 11 is 0. The molecule has 0 aliphatic heterocycles. The van der Waals surface area contributed by atoms with E-state index in [1.807, 2.05) is 30.3 Å². The maximum Gasteiger partial charge on any atom is 0.338 e. The molecule has 0 unspecified atom stereocenters. The molecule has 302 valence electrons. The van der Waals surface area contributed by atoms with Gasteiger partial charge in [-0.25, -0.2) is 24.0 Å². The Balaban J connectivity index is 1.47. The average Bonchev–Trinajstić information content (AvgIpc) is 3.31. The summed E-state index contributed by atoms with van der Waals surface area (Å²) in [5.41, 5.74) is 1.31. The van der Waals surface area contributed by atoms with Crippen molar-refractivity contribution in [1.82, 2.24) is 0 Å². The summed E-state index contributed by atoms with van der Waals surface area (Å²) in [6.45, 7) is -0.718. The Hall–Kier alpha value is -7.86. The number of esters is 5. The van der Waals surface area contributed by atoms with E-state index < -0.39 is 60.9 Å². The van der Waals surface area contributed by atoms with Crippen LogP contribution in [-0.2, 0) is 35.1 Å². The minimum atomic E-state index is -1.85. The van der Waals surface area contributed by atoms with Crippen molar-refractivity contribution in [3.8, 4) is 0 Å². The molecule has 0 saturated heterocycles. The first-order chi connectivity index (χ1) is 29.4. The van der Waals surface area contributed by atoms with E-state index in [1.165, 1.54) is 60.7 Å². The van der Waals surface area contributed by atoms with Crippen molar-refractivity contribution in [2.24, 2.45) is 5.16 Å². The van der Waals surface area contributed by atoms with E-state index >= 15 is 0 Å². The van der Waals surface area contributed by atoms with Crippen molar-refractivity contribution in [3.63, 3.8) is 0 Å². The van der Waals surface area contributed by atoms with Gasteiger partial charge in [-0.2, -0.15) is 0 Å². The molecule has 0 bridgehead atoms. The summed E-state index contributed by atoms with van der Waals surface area (Å²) in [6.07, 6.45) is -6.02. The number of rotatable bonds is 18. The predicted molar refractivity (Wildman–Crippen MR) is 219 cm³/mol. The second kappa shape index (κ2) is 21.6. The SMILES string of the molecule is O=C(OC[C@@H](OC(=O)c1ccccc1)[C@H](OC(=O)c1ccccc1)[C@H](OC(=O)c1ccccc1)[C@H](/C=N/OCc1ccccc1)OC(=O)c1ccccc1)c1ccccc1. The topological polar surface area (TPSA) is 153 Å². The fourth-order valence-corrected chi connectivity index (χ4v) is 5.74. The quantitative estimate of drug-likeness (QED) is 0.0360. The van der Waals surface area contributed by atoms with Crippen LogP contribution in [0.25, 0.3) is 0 Å². The molecule has 0 aliphatic rings. The normalized spacial score (nSPS) is 12.8. The molecule has 0 heterocycles. The number of carbonyl (C=O) groups excluding carboxylic acids is 5. The summed E-state index contributed by atoms with van der Waals surface area (Å²) in [5, 5.41) is 4.09. The summed E-state index contributed by atoms with van der Waals surface area (Å²) in [4.78, 5) is 74.7. The van der Waals surface area contributed by atoms with E-state index in [4.69, 9.17) is 28.5 Å². The Morgan fingerprint density at radius 1 is 0.417 bits per heavy atom. The van der Waals surface area contributed by atoms with E-state index in [0.717, 1.165) is 11.8 Å². The molecule has 0 radical (unpaired) electrons. The van der Waals surface area contributed by atoms with E-state index in [0.29, 0.717) is 0 Å². The van der Waals surface area contributed by atoms with Crippen molar-refractivity contribution >= 4 is 36.1 Å². The molecule has 0 amide bonds. The minimum absolute atomic E-state index is 0.00430. The highest BCUT2D eigenvalue weighted by Crippen LogP contribution is 2.24. The number of carbonyl (C=O) groups is 5. The first kappa shape index (κ1) is 41.8. The second-order valence-corrected chi connectivity index (χ2v) is 13.0. The fourth-order valence-electron chi connectivity index (χ4n) is 5.74. The van der Waals surface area contributed by atoms with E-state index in [1.54, 1.807) is 91.0 Å². The molecule has 0 saturated carbocycles. The number of oxime groups is 1. The fraction of sp³-hybridized carbons (Fsp3) is 0.125. The van der Waals surface area contributed by atoms with E-state index in [2.05, 4.69) is 5.16 Å². The molecule has 0 aliphatic carbocycles. The summed E-state index contributed by atoms with van der Waals surface area (Å²) in [6, 6.07) is 48.8. The first-order valence-electron chi connectivity index (χ1n) is 18.8. The van der Waals surface area contributed by atoms with E-state index in [-0.39, 0.29) is 34.4 Å². The second-order valence-electron chi connectivity index (χ2n) is 13.0. The molecule has 6 rings (SSSR count). The number of benzene rings is 6. The van der Waals surface area contributed by atoms with Crippen LogP contribution in [0.5, 0.6) is 0 Å². The molecule has 0 spiro atoms. The van der Waals surface area contributed by atoms with Gasteiger partial charge in [-0.3, -0.25) is 0 Å². The first-order valence-corrected chi connectivity index (χ1v) is 18.8. The zero-order valence-electron chi connectivity index (χ0n) is 32.1. The molecule has 0 N–H and O–H groups in total. The molecule has 0 aromatic heterocycles. The van der Waals surface area contributed by atoms with Gasteiger partial charge >= 0.3 is 29.8 Å². The van der Waals surface area contributed by atoms with Gasteiger partial charge in [0.05, 0.1) is 34.0 Å². The lowest BCUT2D eigenvalue weighted by Crippen LogP contribution is -2.54. The van der Waals surface area contributed by atoms with Crippen LogP contribution >= 0.6 is 0 Å². The Labute approximate surface area is 345 Å². The number of nitrogens with zero attached hydrogens (tertiary/aromatic N) is 1. The van der Waals surface area contributed by atoms with Gasteiger partial charge in [0.15, 0.2) is 24.4 Å². The molecule has 0 fully saturated rings. The van der Waals surface area contributed by atoms with Gasteiger partial charge in [0.2, 0.25) is 0 Å². The largest absolute Gasteiger partial charge is 0.458 e. The highest BCUT2D eigenvalue weighted by molar-refractivity contribution is 5.93. The standard InChI is InChI=1S/C48H39NO11/c50-44(35-21-9-2-10-22-35)55-33-41(58-46(52)37-25-13-4-14-26-37)43(60-48(54)39-29-17-6-18-30-39)42(59-47(53)38-27-15-5-16-28-38)40(57-45(51)36-23-11-3-12-24-36)31-49-56-32-34-19-7-1-8-20-34/h1-31,40-43H,32-33H2/b49-31+/t40-,41+,42+,43-/m0/s1. The monoisotopic (exact) mass is 805 g/mol. The van der Waals surface area contributed by atoms with Gasteiger partial charge in [0.25, 0.3) is 0 Å². The van der Waals surface area contributed by atoms with Crippen LogP contribution in [0.2, 0.25) is 0 Å². The Morgan fingerprint density at radius 3 is 1.20 bits per heavy atom. The van der Waals surface area contributed by atoms with Crippen molar-refractivity contribution < 1.29 is 52.5 Å². The maximum atomic E-state index is 14.0. The van der Waals surface area contributed by atoms with Crippen LogP contribution in [0.15, 0.2) is 187 Å². The molecule has 6 aromatic carbocycles. The van der Waals surface area contributed by atoms with Crippen LogP contribution in [0.4, 0.5) is 0 Å². The third-order valence-corrected chi connectivity index (χ3v) is 8.78. The van der Waals surface area contributed by atoms with Crippen LogP contribution in [0.3, 0.4) is 0 Å². The summed E-state index contributed by atoms with van der Waals surface area (Å²) in [7, 11) is 0. The molecule has 12 heteroatoms. The van der Waals surface area contributed by atoms with Crippen molar-refractivity contribution in [1.29, 1.82) is 0 Å². The zero-order chi connectivity index (χ0) is 41.9. The number of hydrogen-bond acceptors (Lipinski definition) is 12. The molecular weight excluding hydrogens is 767 g/mol. The van der Waals surface area contributed by atoms with Crippen LogP contribution in [0.1, 0.15) is 57.4 Å². The molecule has 60 heavy (non-hydrogen) atoms. The lowest BCUT2D eigenvalue weighted by atomic mass is 10.0. The molecule has 4 atom stereocenters. The van der Waals surface area contributed by atoms with Crippen molar-refractivity contribution in [2.75, 3.05) is 6.61 Å². The molecule has 6 aromatic rings. The smallest absolute Gasteiger partial charge is 0.338 e. The van der Waals surface area contributed by atoms with Crippen molar-refractivity contribution in [2.45, 2.75) is 31.0 Å². The Bertz CT molecular complexity index is 2330. The lowest BCUT2D eigenvalue weighted by molar-refractivity contribution is -0.120. The zero-order valence-corrected chi connectivity index (χ0v) is 32.1. The third kappa shape index (κ3) is 12.1. The van der Waals surface area contributed by atoms with Gasteiger partial charge in [0.1, 0.15) is 13.2 Å². The predicted octanol–water partition coefficient (Wildman–Crippen LogP) is 7.95. The summed E-state index contributed by atoms with van der Waals surface area (Å²) < 4.78 is 30.0. The van der Waals surface area contributed by atoms with Crippen LogP contribution < -0.4 is 0 Å². The van der Waals surface area contributed by atoms with Gasteiger partial charge in [0, 0.05) is 0 Å². The van der Waals surface area contributed by atoms with Gasteiger partial charge in [-0.1, -0.05) is 126 Å². The summed E-state index contributed by atoms with van der Waals surface area (Å²) in [5.74, 6) is -4.46. The average molecular weight is 806 g/mol. The van der Waals surface area contributed by atoms with Gasteiger partial charge in [-0.15, -0.1) is 0 Å². The van der Waals surface area contributed by atoms with Crippen LogP contribution in [-0.4, -0.2) is 67.1 Å². The number of ether oxygens (including phenoxy) is 5. The Kier molecular flexibility index (Phi) is 15.0.